The second-order valence-electron chi connectivity index (χ2n) is 26.9. The Balaban J connectivity index is 0.854. The number of ether oxygens (including phenoxy) is 2. The number of benzene rings is 6. The number of fused-ring (bicyclic) bond motifs is 1. The third kappa shape index (κ3) is 18.5. The smallest absolute Gasteiger partial charge is 0.251 e. The monoisotopic (exact) mass is 1300 g/mol. The van der Waals surface area contributed by atoms with Crippen molar-refractivity contribution < 1.29 is 47.8 Å². The van der Waals surface area contributed by atoms with Gasteiger partial charge in [-0.1, -0.05) is 186 Å². The first-order valence-electron chi connectivity index (χ1n) is 34.8. The van der Waals surface area contributed by atoms with E-state index in [1.807, 2.05) is 135 Å². The number of hydrogen-bond donors (Lipinski definition) is 6. The number of carbonyl (C=O) groups is 8. The molecule has 0 bridgehead atoms. The predicted molar refractivity (Wildman–Crippen MR) is 370 cm³/mol. The van der Waals surface area contributed by atoms with Crippen LogP contribution in [0.1, 0.15) is 166 Å². The zero-order chi connectivity index (χ0) is 67.5. The van der Waals surface area contributed by atoms with E-state index in [9.17, 15) is 28.8 Å². The molecule has 0 aromatic heterocycles. The Morgan fingerprint density at radius 2 is 0.938 bits per heavy atom. The van der Waals surface area contributed by atoms with Crippen LogP contribution >= 0.6 is 0 Å². The molecule has 0 spiro atoms. The third-order valence-electron chi connectivity index (χ3n) is 20.3. The molecular weight excluding hydrogens is 1210 g/mol. The van der Waals surface area contributed by atoms with Gasteiger partial charge >= 0.3 is 0 Å². The number of ketones is 1. The highest BCUT2D eigenvalue weighted by molar-refractivity contribution is 6.03. The summed E-state index contributed by atoms with van der Waals surface area (Å²) in [6.07, 6.45) is 9.88. The van der Waals surface area contributed by atoms with E-state index in [1.165, 1.54) is 0 Å². The number of rotatable bonds is 29. The summed E-state index contributed by atoms with van der Waals surface area (Å²) in [6.45, 7) is 6.64. The van der Waals surface area contributed by atoms with Crippen molar-refractivity contribution in [1.82, 2.24) is 41.7 Å². The fourth-order valence-corrected chi connectivity index (χ4v) is 14.3. The summed E-state index contributed by atoms with van der Waals surface area (Å²) in [5.74, 6) is -3.61. The van der Waals surface area contributed by atoms with E-state index in [1.54, 1.807) is 60.2 Å². The number of likely N-dealkylation sites (N-methyl/N-ethyl adjacent to an activating group) is 1. The van der Waals surface area contributed by atoms with Crippen molar-refractivity contribution in [1.29, 1.82) is 0 Å². The van der Waals surface area contributed by atoms with Crippen LogP contribution in [0.4, 0.5) is 0 Å². The molecular formula is C78H96N8O10. The molecule has 2 aliphatic heterocycles. The minimum absolute atomic E-state index is 0.0328. The van der Waals surface area contributed by atoms with E-state index < -0.39 is 72.0 Å². The molecule has 2 saturated carbocycles. The number of nitrogens with one attached hydrogen (secondary N) is 6. The van der Waals surface area contributed by atoms with Crippen molar-refractivity contribution in [2.45, 2.75) is 172 Å². The van der Waals surface area contributed by atoms with Crippen LogP contribution in [0.3, 0.4) is 0 Å². The number of nitrogens with zero attached hydrogens (tertiary/aromatic N) is 2. The minimum atomic E-state index is -0.990. The first-order valence-corrected chi connectivity index (χ1v) is 34.8. The molecule has 6 aromatic rings. The van der Waals surface area contributed by atoms with E-state index in [2.05, 4.69) is 31.9 Å². The molecule has 508 valence electrons. The summed E-state index contributed by atoms with van der Waals surface area (Å²) in [5, 5.41) is 20.3. The Kier molecular flexibility index (Phi) is 25.2. The summed E-state index contributed by atoms with van der Waals surface area (Å²) in [6, 6.07) is 43.4. The lowest BCUT2D eigenvalue weighted by Gasteiger charge is -2.35. The first-order chi connectivity index (χ1) is 46.6. The number of Topliss-reactive ketones (excluding diaryl/α,β-unsaturated/α-hetero) is 1. The standard InChI is InChI=1S/C78H96N8O10/c1-5-51(2)72(88)84-71(58-34-22-11-23-35-58)78(94)86-46-64(43-69(86)76(92)83-67(57-32-20-10-21-33-57)50-96-48-54-26-14-7-15-27-54)81-74(90)62-39-37-59-40-61(38-36-60(59)41-62)73(89)80-63-42-68(85(45-63)77(93)65(44-70(87)52(3)79-4)55-28-16-8-17-29-55)75(91)82-66(56-30-18-9-19-31-56)49-95-47-53-24-12-6-13-25-53/h6-7,9-10,12-15,18-21,24-27,30-33,36-41,51-52,55,58,63-69,71,79H,5,8,11,16-17,22-23,28-29,34-35,42-50H2,1-4H3,(H,80,89)(H,81,90)(H,82,91)(H,83,92)(H,84,88)/t51-,52+,63+,64+,65+,66-,67-,68+,69+,71+/m1/s1. The second-order valence-corrected chi connectivity index (χ2v) is 26.9. The van der Waals surface area contributed by atoms with Crippen LogP contribution in [-0.4, -0.2) is 127 Å². The van der Waals surface area contributed by atoms with Gasteiger partial charge in [0.1, 0.15) is 23.9 Å². The molecule has 4 fully saturated rings. The highest BCUT2D eigenvalue weighted by Gasteiger charge is 2.47. The van der Waals surface area contributed by atoms with Gasteiger partial charge in [0.25, 0.3) is 11.8 Å². The van der Waals surface area contributed by atoms with Crippen molar-refractivity contribution in [3.63, 3.8) is 0 Å². The lowest BCUT2D eigenvalue weighted by molar-refractivity contribution is -0.145. The summed E-state index contributed by atoms with van der Waals surface area (Å²) < 4.78 is 12.4. The Bertz CT molecular complexity index is 3350. The molecule has 10 rings (SSSR count). The number of carbonyl (C=O) groups excluding carboxylic acids is 8. The lowest BCUT2D eigenvalue weighted by Crippen LogP contribution is -2.57. The molecule has 96 heavy (non-hydrogen) atoms. The molecule has 0 unspecified atom stereocenters. The average Bonchev–Trinajstić information content (AvgIpc) is 1.60. The average molecular weight is 1310 g/mol. The van der Waals surface area contributed by atoms with Crippen LogP contribution in [0, 0.1) is 23.7 Å². The van der Waals surface area contributed by atoms with Gasteiger partial charge in [-0.25, -0.2) is 0 Å². The zero-order valence-electron chi connectivity index (χ0n) is 56.1. The molecule has 7 amide bonds. The van der Waals surface area contributed by atoms with Gasteiger partial charge in [0, 0.05) is 54.6 Å². The van der Waals surface area contributed by atoms with E-state index in [4.69, 9.17) is 9.47 Å². The van der Waals surface area contributed by atoms with Gasteiger partial charge in [0.15, 0.2) is 0 Å². The number of likely N-dealkylation sites (tertiary alicyclic amines) is 2. The van der Waals surface area contributed by atoms with Crippen LogP contribution in [0.15, 0.2) is 158 Å². The zero-order valence-corrected chi connectivity index (χ0v) is 56.1. The second kappa shape index (κ2) is 34.4. The van der Waals surface area contributed by atoms with Gasteiger partial charge in [-0.05, 0) is 128 Å². The molecule has 4 aliphatic rings. The molecule has 18 nitrogen and oxygen atoms in total. The highest BCUT2D eigenvalue weighted by Crippen LogP contribution is 2.36. The maximum absolute atomic E-state index is 15.2. The molecule has 2 aliphatic carbocycles. The molecule has 2 saturated heterocycles. The highest BCUT2D eigenvalue weighted by atomic mass is 16.5. The van der Waals surface area contributed by atoms with E-state index in [0.29, 0.717) is 41.5 Å². The molecule has 0 radical (unpaired) electrons. The lowest BCUT2D eigenvalue weighted by atomic mass is 9.76. The van der Waals surface area contributed by atoms with Crippen LogP contribution < -0.4 is 31.9 Å². The Hall–Kier alpha value is -8.58. The van der Waals surface area contributed by atoms with Gasteiger partial charge in [0.2, 0.25) is 29.5 Å². The molecule has 6 N–H and O–H groups in total. The Morgan fingerprint density at radius 3 is 1.38 bits per heavy atom. The molecule has 18 heteroatoms. The molecule has 2 heterocycles. The predicted octanol–water partition coefficient (Wildman–Crippen LogP) is 10.3. The number of hydrogen-bond acceptors (Lipinski definition) is 11. The van der Waals surface area contributed by atoms with Crippen LogP contribution in [0.5, 0.6) is 0 Å². The van der Waals surface area contributed by atoms with E-state index in [0.717, 1.165) is 86.5 Å². The quantitative estimate of drug-likeness (QED) is 0.0259. The van der Waals surface area contributed by atoms with Gasteiger partial charge in [0.05, 0.1) is 44.6 Å². The fourth-order valence-electron chi connectivity index (χ4n) is 14.3. The fraction of sp³-hybridized carbons (Fsp3) is 0.462. The molecule has 10 atom stereocenters. The van der Waals surface area contributed by atoms with E-state index >= 15 is 9.59 Å². The van der Waals surface area contributed by atoms with Crippen LogP contribution in [-0.2, 0) is 51.5 Å². The van der Waals surface area contributed by atoms with Crippen LogP contribution in [0.25, 0.3) is 10.8 Å². The van der Waals surface area contributed by atoms with Crippen molar-refractivity contribution in [2.75, 3.05) is 33.4 Å². The Morgan fingerprint density at radius 1 is 0.510 bits per heavy atom. The maximum Gasteiger partial charge on any atom is 0.251 e. The summed E-state index contributed by atoms with van der Waals surface area (Å²) in [4.78, 5) is 120. The van der Waals surface area contributed by atoms with Gasteiger partial charge < -0.3 is 51.2 Å². The minimum Gasteiger partial charge on any atom is -0.374 e. The van der Waals surface area contributed by atoms with Gasteiger partial charge in [-0.15, -0.1) is 0 Å². The normalized spacial score (nSPS) is 20.2. The summed E-state index contributed by atoms with van der Waals surface area (Å²) in [7, 11) is 1.73. The van der Waals surface area contributed by atoms with Crippen molar-refractivity contribution >= 4 is 57.9 Å². The summed E-state index contributed by atoms with van der Waals surface area (Å²) >= 11 is 0. The molecule has 6 aromatic carbocycles. The van der Waals surface area contributed by atoms with Gasteiger partial charge in [-0.3, -0.25) is 38.4 Å². The van der Waals surface area contributed by atoms with Gasteiger partial charge in [-0.2, -0.15) is 0 Å². The maximum atomic E-state index is 15.2. The number of amides is 7. The first kappa shape index (κ1) is 70.2. The third-order valence-corrected chi connectivity index (χ3v) is 20.3. The van der Waals surface area contributed by atoms with Crippen LogP contribution in [0.2, 0.25) is 0 Å². The Labute approximate surface area is 565 Å². The van der Waals surface area contributed by atoms with Crippen molar-refractivity contribution in [2.24, 2.45) is 23.7 Å². The topological polar surface area (TPSA) is 234 Å². The van der Waals surface area contributed by atoms with Crippen molar-refractivity contribution in [3.05, 3.63) is 191 Å². The summed E-state index contributed by atoms with van der Waals surface area (Å²) in [5.41, 5.74) is 4.29. The van der Waals surface area contributed by atoms with E-state index in [-0.39, 0.29) is 92.7 Å². The largest absolute Gasteiger partial charge is 0.374 e. The van der Waals surface area contributed by atoms with Crippen molar-refractivity contribution in [3.8, 4) is 0 Å². The SMILES string of the molecule is CC[C@@H](C)C(=O)N[C@H](C(=O)N1C[C@@H](NC(=O)c2ccc3cc(C(=O)N[C@H]4C[C@@H](C(=O)N[C@H](COCc5ccccc5)c5ccccc5)N(C(=O)[C@@H](CC(=O)[C@H](C)NC)C5CCCCC5)C4)ccc3c2)C[C@H]1C(=O)N[C@H](COCc1ccccc1)c1ccccc1)C1CCCCC1.